The largest absolute Gasteiger partial charge is 0.513 e. The Morgan fingerprint density at radius 1 is 0.967 bits per heavy atom. The van der Waals surface area contributed by atoms with Gasteiger partial charge in [-0.05, 0) is 62.4 Å². The Bertz CT molecular complexity index is 768. The summed E-state index contributed by atoms with van der Waals surface area (Å²) in [4.78, 5) is 40.3. The molecule has 2 amide bonds. The molecule has 0 unspecified atom stereocenters. The lowest BCUT2D eigenvalue weighted by Crippen LogP contribution is -2.36. The molecule has 3 rings (SSSR count). The Kier molecular flexibility index (Phi) is 7.88. The number of allylic oxidation sites excluding steroid dienone is 1. The zero-order valence-corrected chi connectivity index (χ0v) is 17.5. The number of rotatable bonds is 5. The molecule has 2 aliphatic rings. The van der Waals surface area contributed by atoms with Crippen LogP contribution in [0.5, 0.6) is 5.75 Å². The van der Waals surface area contributed by atoms with Gasteiger partial charge in [0.25, 0.3) is 5.91 Å². The van der Waals surface area contributed by atoms with Gasteiger partial charge in [0.15, 0.2) is 0 Å². The summed E-state index contributed by atoms with van der Waals surface area (Å²) < 4.78 is 9.75. The molecule has 0 spiro atoms. The van der Waals surface area contributed by atoms with E-state index in [-0.39, 0.29) is 18.4 Å². The topological polar surface area (TPSA) is 76.2 Å². The number of ether oxygens (including phenoxy) is 2. The average molecular weight is 415 g/mol. The van der Waals surface area contributed by atoms with Gasteiger partial charge < -0.3 is 19.3 Å². The molecule has 162 valence electrons. The van der Waals surface area contributed by atoms with Gasteiger partial charge in [-0.25, -0.2) is 4.79 Å². The zero-order chi connectivity index (χ0) is 21.3. The highest BCUT2D eigenvalue weighted by atomic mass is 16.7. The number of benzene rings is 1. The Hall–Kier alpha value is -2.83. The fraction of sp³-hybridized carbons (Fsp3) is 0.522. The van der Waals surface area contributed by atoms with Gasteiger partial charge in [-0.15, -0.1) is 0 Å². The molecule has 2 fully saturated rings. The van der Waals surface area contributed by atoms with Crippen LogP contribution in [0.15, 0.2) is 36.4 Å². The van der Waals surface area contributed by atoms with E-state index < -0.39 is 6.16 Å². The lowest BCUT2D eigenvalue weighted by molar-refractivity contribution is -0.125. The second kappa shape index (κ2) is 10.8. The van der Waals surface area contributed by atoms with Crippen molar-refractivity contribution in [3.05, 3.63) is 42.0 Å². The summed E-state index contributed by atoms with van der Waals surface area (Å²) in [6.45, 7) is 4.23. The Morgan fingerprint density at radius 3 is 2.33 bits per heavy atom. The quantitative estimate of drug-likeness (QED) is 0.418. The molecule has 7 heteroatoms. The molecule has 1 aromatic rings. The predicted molar refractivity (Wildman–Crippen MR) is 112 cm³/mol. The van der Waals surface area contributed by atoms with Gasteiger partial charge >= 0.3 is 6.16 Å². The minimum atomic E-state index is -0.768. The van der Waals surface area contributed by atoms with Crippen LogP contribution in [-0.4, -0.2) is 60.6 Å². The molecule has 1 heterocycles. The van der Waals surface area contributed by atoms with E-state index in [2.05, 4.69) is 6.08 Å². The van der Waals surface area contributed by atoms with Crippen molar-refractivity contribution in [3.8, 4) is 5.75 Å². The van der Waals surface area contributed by atoms with Crippen LogP contribution >= 0.6 is 0 Å². The van der Waals surface area contributed by atoms with Crippen LogP contribution in [0.2, 0.25) is 0 Å². The summed E-state index contributed by atoms with van der Waals surface area (Å²) in [5, 5.41) is 0. The summed E-state index contributed by atoms with van der Waals surface area (Å²) in [5.74, 6) is 0.812. The highest BCUT2D eigenvalue weighted by Crippen LogP contribution is 2.25. The van der Waals surface area contributed by atoms with Crippen LogP contribution in [0.1, 0.15) is 49.4 Å². The second-order valence-corrected chi connectivity index (χ2v) is 7.68. The fourth-order valence-electron chi connectivity index (χ4n) is 3.91. The average Bonchev–Trinajstić information content (AvgIpc) is 3.15. The summed E-state index contributed by atoms with van der Waals surface area (Å²) in [5.41, 5.74) is 0.520. The molecule has 1 aliphatic carbocycles. The minimum Gasteiger partial charge on any atom is -0.434 e. The van der Waals surface area contributed by atoms with E-state index in [0.29, 0.717) is 43.4 Å². The van der Waals surface area contributed by atoms with Crippen molar-refractivity contribution < 1.29 is 23.9 Å². The lowest BCUT2D eigenvalue weighted by Gasteiger charge is -2.21. The monoisotopic (exact) mass is 414 g/mol. The maximum absolute atomic E-state index is 12.8. The predicted octanol–water partition coefficient (Wildman–Crippen LogP) is 3.64. The molecule has 0 N–H and O–H groups in total. The Morgan fingerprint density at radius 2 is 1.63 bits per heavy atom. The van der Waals surface area contributed by atoms with Crippen molar-refractivity contribution in [2.75, 3.05) is 32.8 Å². The van der Waals surface area contributed by atoms with Crippen LogP contribution in [0.25, 0.3) is 0 Å². The van der Waals surface area contributed by atoms with Crippen molar-refractivity contribution >= 4 is 18.0 Å². The zero-order valence-electron chi connectivity index (χ0n) is 17.5. The van der Waals surface area contributed by atoms with E-state index in [4.69, 9.17) is 9.47 Å². The molecular weight excluding hydrogens is 384 g/mol. The maximum Gasteiger partial charge on any atom is 0.513 e. The Labute approximate surface area is 177 Å². The van der Waals surface area contributed by atoms with E-state index in [9.17, 15) is 14.4 Å². The molecule has 0 aromatic heterocycles. The minimum absolute atomic E-state index is 0.0386. The number of amides is 2. The molecule has 0 bridgehead atoms. The third-order valence-electron chi connectivity index (χ3n) is 5.57. The van der Waals surface area contributed by atoms with Crippen LogP contribution in [0.3, 0.4) is 0 Å². The van der Waals surface area contributed by atoms with Gasteiger partial charge in [0, 0.05) is 31.7 Å². The SMILES string of the molecule is CCOC(=O)Oc1ccc(C(=O)N2CCCN(C(=O)/C=C/C3CCCC3)CC2)cc1. The van der Waals surface area contributed by atoms with E-state index in [1.807, 2.05) is 4.90 Å². The van der Waals surface area contributed by atoms with E-state index in [1.54, 1.807) is 42.2 Å². The molecule has 1 saturated heterocycles. The first-order valence-corrected chi connectivity index (χ1v) is 10.8. The van der Waals surface area contributed by atoms with Gasteiger partial charge in [0.05, 0.1) is 6.61 Å². The maximum atomic E-state index is 12.8. The molecule has 1 aromatic carbocycles. The van der Waals surface area contributed by atoms with E-state index >= 15 is 0 Å². The molecule has 1 aliphatic heterocycles. The summed E-state index contributed by atoms with van der Waals surface area (Å²) in [6.07, 6.45) is 8.61. The van der Waals surface area contributed by atoms with Crippen LogP contribution < -0.4 is 4.74 Å². The number of nitrogens with zero attached hydrogens (tertiary/aromatic N) is 2. The second-order valence-electron chi connectivity index (χ2n) is 7.68. The molecule has 0 atom stereocenters. The highest BCUT2D eigenvalue weighted by molar-refractivity contribution is 5.94. The van der Waals surface area contributed by atoms with Crippen molar-refractivity contribution in [3.63, 3.8) is 0 Å². The van der Waals surface area contributed by atoms with Gasteiger partial charge in [-0.2, -0.15) is 0 Å². The molecule has 30 heavy (non-hydrogen) atoms. The van der Waals surface area contributed by atoms with E-state index in [0.717, 1.165) is 6.42 Å². The molecule has 7 nitrogen and oxygen atoms in total. The Balaban J connectivity index is 1.52. The fourth-order valence-corrected chi connectivity index (χ4v) is 3.91. The van der Waals surface area contributed by atoms with Gasteiger partial charge in [-0.3, -0.25) is 9.59 Å². The summed E-state index contributed by atoms with van der Waals surface area (Å²) >= 11 is 0. The normalized spacial score (nSPS) is 17.8. The third-order valence-corrected chi connectivity index (χ3v) is 5.57. The van der Waals surface area contributed by atoms with Crippen LogP contribution in [0, 0.1) is 5.92 Å². The summed E-state index contributed by atoms with van der Waals surface area (Å²) in [7, 11) is 0. The molecular formula is C23H30N2O5. The first-order chi connectivity index (χ1) is 14.6. The first kappa shape index (κ1) is 21.9. The number of hydrogen-bond acceptors (Lipinski definition) is 5. The highest BCUT2D eigenvalue weighted by Gasteiger charge is 2.22. The van der Waals surface area contributed by atoms with E-state index in [1.165, 1.54) is 25.7 Å². The number of carbonyl (C=O) groups excluding carboxylic acids is 3. The first-order valence-electron chi connectivity index (χ1n) is 10.8. The molecule has 0 radical (unpaired) electrons. The smallest absolute Gasteiger partial charge is 0.434 e. The van der Waals surface area contributed by atoms with Crippen molar-refractivity contribution in [2.45, 2.75) is 39.0 Å². The standard InChI is InChI=1S/C23H30N2O5/c1-2-29-23(28)30-20-11-9-19(10-12-20)22(27)25-15-5-14-24(16-17-25)21(26)13-8-18-6-3-4-7-18/h8-13,18H,2-7,14-17H2,1H3/b13-8+. The third kappa shape index (κ3) is 6.08. The van der Waals surface area contributed by atoms with Gasteiger partial charge in [-0.1, -0.05) is 18.9 Å². The number of hydrogen-bond donors (Lipinski definition) is 0. The lowest BCUT2D eigenvalue weighted by atomic mass is 10.1. The van der Waals surface area contributed by atoms with Crippen LogP contribution in [-0.2, 0) is 9.53 Å². The number of carbonyl (C=O) groups is 3. The summed E-state index contributed by atoms with van der Waals surface area (Å²) in [6, 6.07) is 6.42. The van der Waals surface area contributed by atoms with Gasteiger partial charge in [0.2, 0.25) is 5.91 Å². The van der Waals surface area contributed by atoms with Crippen molar-refractivity contribution in [1.82, 2.24) is 9.80 Å². The van der Waals surface area contributed by atoms with Crippen molar-refractivity contribution in [2.24, 2.45) is 5.92 Å². The van der Waals surface area contributed by atoms with Gasteiger partial charge in [0.1, 0.15) is 5.75 Å². The van der Waals surface area contributed by atoms with Crippen molar-refractivity contribution in [1.29, 1.82) is 0 Å². The molecule has 1 saturated carbocycles. The van der Waals surface area contributed by atoms with Crippen LogP contribution in [0.4, 0.5) is 4.79 Å².